The van der Waals surface area contributed by atoms with Crippen molar-refractivity contribution in [3.63, 3.8) is 0 Å². The highest BCUT2D eigenvalue weighted by Crippen LogP contribution is 2.35. The second kappa shape index (κ2) is 6.69. The van der Waals surface area contributed by atoms with Gasteiger partial charge in [-0.25, -0.2) is 0 Å². The topological polar surface area (TPSA) is 33.5 Å². The summed E-state index contributed by atoms with van der Waals surface area (Å²) in [6, 6.07) is 8.75. The SMILES string of the molecule is CCN1C(=O)/C(=C\c2ccc(-c3cc(Cl)ccc3Cl)o2)SC1=S. The summed E-state index contributed by atoms with van der Waals surface area (Å²) in [5, 5.41) is 1.12. The highest BCUT2D eigenvalue weighted by atomic mass is 35.5. The Balaban J connectivity index is 1.91. The normalized spacial score (nSPS) is 16.7. The van der Waals surface area contributed by atoms with Crippen LogP contribution in [0.2, 0.25) is 10.0 Å². The van der Waals surface area contributed by atoms with E-state index < -0.39 is 0 Å². The molecule has 0 unspecified atom stereocenters. The first-order valence-electron chi connectivity index (χ1n) is 6.80. The van der Waals surface area contributed by atoms with E-state index in [0.717, 1.165) is 0 Å². The number of amides is 1. The molecule has 1 saturated heterocycles. The zero-order chi connectivity index (χ0) is 16.6. The molecular weight excluding hydrogens is 373 g/mol. The molecule has 7 heteroatoms. The lowest BCUT2D eigenvalue weighted by molar-refractivity contribution is -0.121. The summed E-state index contributed by atoms with van der Waals surface area (Å²) >= 11 is 18.6. The Morgan fingerprint density at radius 1 is 1.30 bits per heavy atom. The number of hydrogen-bond acceptors (Lipinski definition) is 4. The van der Waals surface area contributed by atoms with Crippen LogP contribution >= 0.6 is 47.2 Å². The van der Waals surface area contributed by atoms with Gasteiger partial charge in [0, 0.05) is 23.2 Å². The summed E-state index contributed by atoms with van der Waals surface area (Å²) in [4.78, 5) is 14.3. The first kappa shape index (κ1) is 16.6. The maximum Gasteiger partial charge on any atom is 0.266 e. The van der Waals surface area contributed by atoms with Gasteiger partial charge in [-0.2, -0.15) is 0 Å². The average molecular weight is 384 g/mol. The molecule has 1 fully saturated rings. The van der Waals surface area contributed by atoms with Crippen LogP contribution in [0, 0.1) is 0 Å². The molecule has 2 heterocycles. The number of thiocarbonyl (C=S) groups is 1. The maximum absolute atomic E-state index is 12.2. The molecule has 1 aliphatic rings. The number of likely N-dealkylation sites (N-methyl/N-ethyl adjacent to an activating group) is 1. The van der Waals surface area contributed by atoms with Crippen LogP contribution in [0.4, 0.5) is 0 Å². The molecule has 3 nitrogen and oxygen atoms in total. The van der Waals surface area contributed by atoms with Crippen molar-refractivity contribution < 1.29 is 9.21 Å². The molecule has 0 aliphatic carbocycles. The number of halogens is 2. The largest absolute Gasteiger partial charge is 0.457 e. The summed E-state index contributed by atoms with van der Waals surface area (Å²) < 4.78 is 6.34. The van der Waals surface area contributed by atoms with Gasteiger partial charge in [0.15, 0.2) is 0 Å². The molecule has 0 atom stereocenters. The van der Waals surface area contributed by atoms with Crippen molar-refractivity contribution in [3.8, 4) is 11.3 Å². The van der Waals surface area contributed by atoms with Gasteiger partial charge in [0.05, 0.1) is 9.93 Å². The summed E-state index contributed by atoms with van der Waals surface area (Å²) in [5.74, 6) is 1.06. The number of carbonyl (C=O) groups excluding carboxylic acids is 1. The molecule has 0 radical (unpaired) electrons. The van der Waals surface area contributed by atoms with Gasteiger partial charge in [-0.3, -0.25) is 9.69 Å². The van der Waals surface area contributed by atoms with Gasteiger partial charge < -0.3 is 4.42 Å². The quantitative estimate of drug-likeness (QED) is 0.519. The maximum atomic E-state index is 12.2. The van der Waals surface area contributed by atoms with E-state index in [2.05, 4.69) is 0 Å². The molecule has 118 valence electrons. The van der Waals surface area contributed by atoms with Crippen LogP contribution in [0.1, 0.15) is 12.7 Å². The van der Waals surface area contributed by atoms with Crippen LogP contribution in [0.15, 0.2) is 39.7 Å². The lowest BCUT2D eigenvalue weighted by Gasteiger charge is -2.09. The molecule has 1 amide bonds. The van der Waals surface area contributed by atoms with Crippen molar-refractivity contribution in [2.75, 3.05) is 6.54 Å². The Bertz CT molecular complexity index is 829. The van der Waals surface area contributed by atoms with Crippen molar-refractivity contribution in [1.29, 1.82) is 0 Å². The summed E-state index contributed by atoms with van der Waals surface area (Å²) in [6.07, 6.45) is 1.69. The minimum Gasteiger partial charge on any atom is -0.457 e. The second-order valence-corrected chi connectivity index (χ2v) is 7.27. The highest BCUT2D eigenvalue weighted by molar-refractivity contribution is 8.26. The van der Waals surface area contributed by atoms with Gasteiger partial charge in [0.1, 0.15) is 15.8 Å². The lowest BCUT2D eigenvalue weighted by atomic mass is 10.2. The van der Waals surface area contributed by atoms with Crippen LogP contribution in [-0.4, -0.2) is 21.7 Å². The number of thioether (sulfide) groups is 1. The van der Waals surface area contributed by atoms with E-state index in [1.165, 1.54) is 11.8 Å². The Hall–Kier alpha value is -1.27. The first-order chi connectivity index (χ1) is 11.0. The summed E-state index contributed by atoms with van der Waals surface area (Å²) in [5.41, 5.74) is 0.708. The van der Waals surface area contributed by atoms with Crippen molar-refractivity contribution in [2.45, 2.75) is 6.92 Å². The standard InChI is InChI=1S/C16H11Cl2NO2S2/c1-2-19-15(20)14(23-16(19)22)8-10-4-6-13(21-10)11-7-9(17)3-5-12(11)18/h3-8H,2H2,1H3/b14-8+. The van der Waals surface area contributed by atoms with E-state index in [9.17, 15) is 4.79 Å². The third-order valence-electron chi connectivity index (χ3n) is 3.28. The zero-order valence-electron chi connectivity index (χ0n) is 12.0. The van der Waals surface area contributed by atoms with Crippen LogP contribution in [0.25, 0.3) is 17.4 Å². The van der Waals surface area contributed by atoms with Gasteiger partial charge in [0.25, 0.3) is 5.91 Å². The first-order valence-corrected chi connectivity index (χ1v) is 8.78. The van der Waals surface area contributed by atoms with E-state index in [-0.39, 0.29) is 5.91 Å². The minimum atomic E-state index is -0.0961. The van der Waals surface area contributed by atoms with E-state index in [1.54, 1.807) is 41.3 Å². The number of carbonyl (C=O) groups is 1. The number of nitrogens with zero attached hydrogens (tertiary/aromatic N) is 1. The molecule has 2 aromatic rings. The fraction of sp³-hybridized carbons (Fsp3) is 0.125. The molecule has 0 bridgehead atoms. The van der Waals surface area contributed by atoms with Crippen LogP contribution in [-0.2, 0) is 4.79 Å². The molecule has 3 rings (SSSR count). The third-order valence-corrected chi connectivity index (χ3v) is 5.23. The predicted octanol–water partition coefficient (Wildman–Crippen LogP) is 5.47. The van der Waals surface area contributed by atoms with E-state index in [1.807, 2.05) is 6.92 Å². The molecular formula is C16H11Cl2NO2S2. The van der Waals surface area contributed by atoms with Crippen molar-refractivity contribution in [1.82, 2.24) is 4.90 Å². The van der Waals surface area contributed by atoms with Crippen LogP contribution in [0.3, 0.4) is 0 Å². The van der Waals surface area contributed by atoms with Gasteiger partial charge in [-0.05, 0) is 37.3 Å². The molecule has 1 aromatic heterocycles. The third kappa shape index (κ3) is 3.33. The van der Waals surface area contributed by atoms with Crippen molar-refractivity contribution in [2.24, 2.45) is 0 Å². The minimum absolute atomic E-state index is 0.0961. The van der Waals surface area contributed by atoms with E-state index in [0.29, 0.717) is 42.9 Å². The molecule has 1 aliphatic heterocycles. The number of furan rings is 1. The van der Waals surface area contributed by atoms with E-state index >= 15 is 0 Å². The molecule has 1 aromatic carbocycles. The molecule has 0 spiro atoms. The zero-order valence-corrected chi connectivity index (χ0v) is 15.2. The number of rotatable bonds is 3. The Labute approximate surface area is 153 Å². The summed E-state index contributed by atoms with van der Waals surface area (Å²) in [7, 11) is 0. The van der Waals surface area contributed by atoms with E-state index in [4.69, 9.17) is 39.8 Å². The van der Waals surface area contributed by atoms with Crippen molar-refractivity contribution in [3.05, 3.63) is 51.0 Å². The second-order valence-electron chi connectivity index (χ2n) is 4.75. The number of benzene rings is 1. The van der Waals surface area contributed by atoms with Crippen LogP contribution < -0.4 is 0 Å². The smallest absolute Gasteiger partial charge is 0.266 e. The Kier molecular flexibility index (Phi) is 4.82. The highest BCUT2D eigenvalue weighted by Gasteiger charge is 2.30. The predicted molar refractivity (Wildman–Crippen MR) is 99.7 cm³/mol. The number of hydrogen-bond donors (Lipinski definition) is 0. The van der Waals surface area contributed by atoms with Crippen molar-refractivity contribution >= 4 is 63.5 Å². The van der Waals surface area contributed by atoms with Gasteiger partial charge >= 0.3 is 0 Å². The molecule has 0 N–H and O–H groups in total. The molecule has 23 heavy (non-hydrogen) atoms. The molecule has 0 saturated carbocycles. The Morgan fingerprint density at radius 2 is 2.09 bits per heavy atom. The Morgan fingerprint density at radius 3 is 2.78 bits per heavy atom. The lowest BCUT2D eigenvalue weighted by Crippen LogP contribution is -2.27. The van der Waals surface area contributed by atoms with Gasteiger partial charge in [0.2, 0.25) is 0 Å². The summed E-state index contributed by atoms with van der Waals surface area (Å²) in [6.45, 7) is 2.45. The van der Waals surface area contributed by atoms with Crippen LogP contribution in [0.5, 0.6) is 0 Å². The monoisotopic (exact) mass is 383 g/mol. The van der Waals surface area contributed by atoms with Gasteiger partial charge in [-0.1, -0.05) is 47.2 Å². The van der Waals surface area contributed by atoms with Gasteiger partial charge in [-0.15, -0.1) is 0 Å². The average Bonchev–Trinajstić information content (AvgIpc) is 3.07. The fourth-order valence-corrected chi connectivity index (χ4v) is 3.91. The fourth-order valence-electron chi connectivity index (χ4n) is 2.16.